The molecule has 3 rings (SSSR count). The SMILES string of the molecule is O=C(c1cc(F)c(F)c(O)c1F)N1C[C@@H]2CCC[C@@]2(C(=O)O)C1. The molecule has 2 fully saturated rings. The van der Waals surface area contributed by atoms with Crippen LogP contribution in [0.1, 0.15) is 29.6 Å². The topological polar surface area (TPSA) is 77.8 Å². The Balaban J connectivity index is 1.93. The van der Waals surface area contributed by atoms with Crippen molar-refractivity contribution in [2.75, 3.05) is 13.1 Å². The van der Waals surface area contributed by atoms with Gasteiger partial charge in [-0.15, -0.1) is 0 Å². The maximum atomic E-state index is 13.9. The lowest BCUT2D eigenvalue weighted by Crippen LogP contribution is -2.37. The van der Waals surface area contributed by atoms with Crippen molar-refractivity contribution in [2.45, 2.75) is 19.3 Å². The highest BCUT2D eigenvalue weighted by molar-refractivity contribution is 5.96. The Morgan fingerprint density at radius 1 is 1.26 bits per heavy atom. The number of phenols is 1. The van der Waals surface area contributed by atoms with Crippen LogP contribution in [0.4, 0.5) is 13.2 Å². The van der Waals surface area contributed by atoms with Crippen LogP contribution in [0.3, 0.4) is 0 Å². The third-order valence-electron chi connectivity index (χ3n) is 4.95. The zero-order chi connectivity index (χ0) is 16.9. The van der Waals surface area contributed by atoms with E-state index in [-0.39, 0.29) is 19.0 Å². The average Bonchev–Trinajstić information content (AvgIpc) is 3.06. The van der Waals surface area contributed by atoms with Gasteiger partial charge in [-0.25, -0.2) is 8.78 Å². The van der Waals surface area contributed by atoms with Gasteiger partial charge in [0.05, 0.1) is 11.0 Å². The van der Waals surface area contributed by atoms with E-state index in [1.807, 2.05) is 0 Å². The maximum absolute atomic E-state index is 13.9. The summed E-state index contributed by atoms with van der Waals surface area (Å²) in [5.74, 6) is -8.61. The van der Waals surface area contributed by atoms with E-state index in [1.54, 1.807) is 0 Å². The van der Waals surface area contributed by atoms with Gasteiger partial charge in [0.25, 0.3) is 5.91 Å². The van der Waals surface area contributed by atoms with Gasteiger partial charge in [-0.05, 0) is 24.8 Å². The zero-order valence-corrected chi connectivity index (χ0v) is 12.0. The zero-order valence-electron chi connectivity index (χ0n) is 12.0. The Morgan fingerprint density at radius 2 is 1.96 bits per heavy atom. The van der Waals surface area contributed by atoms with Crippen LogP contribution < -0.4 is 0 Å². The Labute approximate surface area is 129 Å². The fourth-order valence-electron chi connectivity index (χ4n) is 3.71. The first kappa shape index (κ1) is 15.6. The first-order valence-corrected chi connectivity index (χ1v) is 7.17. The Morgan fingerprint density at radius 3 is 2.57 bits per heavy atom. The molecule has 1 aliphatic heterocycles. The number of likely N-dealkylation sites (tertiary alicyclic amines) is 1. The number of carbonyl (C=O) groups is 2. The fourth-order valence-corrected chi connectivity index (χ4v) is 3.71. The number of aromatic hydroxyl groups is 1. The van der Waals surface area contributed by atoms with E-state index in [0.29, 0.717) is 18.9 Å². The van der Waals surface area contributed by atoms with Crippen LogP contribution in [0.5, 0.6) is 5.75 Å². The molecule has 1 saturated carbocycles. The van der Waals surface area contributed by atoms with E-state index in [0.717, 1.165) is 11.3 Å². The minimum Gasteiger partial charge on any atom is -0.503 e. The number of rotatable bonds is 2. The molecule has 0 spiro atoms. The van der Waals surface area contributed by atoms with Crippen LogP contribution in [-0.2, 0) is 4.79 Å². The van der Waals surface area contributed by atoms with Crippen molar-refractivity contribution in [2.24, 2.45) is 11.3 Å². The molecule has 8 heteroatoms. The first-order chi connectivity index (χ1) is 10.8. The standard InChI is InChI=1S/C15H14F3NO4/c16-9-4-8(10(17)12(20)11(9)18)13(21)19-5-7-2-1-3-15(7,6-19)14(22)23/h4,7,20H,1-3,5-6H2,(H,22,23)/t7-,15+/m0/s1. The van der Waals surface area contributed by atoms with E-state index < -0.39 is 46.1 Å². The molecule has 1 aromatic carbocycles. The van der Waals surface area contributed by atoms with E-state index in [1.165, 1.54) is 0 Å². The monoisotopic (exact) mass is 329 g/mol. The predicted molar refractivity (Wildman–Crippen MR) is 71.3 cm³/mol. The Bertz CT molecular complexity index is 708. The van der Waals surface area contributed by atoms with Crippen molar-refractivity contribution in [1.29, 1.82) is 0 Å². The van der Waals surface area contributed by atoms with Crippen LogP contribution in [0.15, 0.2) is 6.07 Å². The van der Waals surface area contributed by atoms with Crippen molar-refractivity contribution in [3.63, 3.8) is 0 Å². The number of carboxylic acid groups (broad SMARTS) is 1. The lowest BCUT2D eigenvalue weighted by atomic mass is 9.81. The molecule has 124 valence electrons. The molecule has 1 heterocycles. The molecule has 1 aliphatic carbocycles. The van der Waals surface area contributed by atoms with Crippen LogP contribution in [0.25, 0.3) is 0 Å². The second-order valence-corrected chi connectivity index (χ2v) is 6.12. The molecule has 5 nitrogen and oxygen atoms in total. The number of fused-ring (bicyclic) bond motifs is 1. The predicted octanol–water partition coefficient (Wildman–Crippen LogP) is 2.14. The van der Waals surface area contributed by atoms with E-state index >= 15 is 0 Å². The second-order valence-electron chi connectivity index (χ2n) is 6.12. The van der Waals surface area contributed by atoms with Crippen LogP contribution in [-0.4, -0.2) is 40.1 Å². The van der Waals surface area contributed by atoms with Gasteiger partial charge in [0.15, 0.2) is 17.4 Å². The van der Waals surface area contributed by atoms with E-state index in [2.05, 4.69) is 0 Å². The highest BCUT2D eigenvalue weighted by Crippen LogP contribution is 2.49. The van der Waals surface area contributed by atoms with Crippen LogP contribution in [0, 0.1) is 28.8 Å². The minimum atomic E-state index is -1.76. The summed E-state index contributed by atoms with van der Waals surface area (Å²) in [7, 11) is 0. The largest absolute Gasteiger partial charge is 0.503 e. The lowest BCUT2D eigenvalue weighted by Gasteiger charge is -2.23. The molecule has 1 aromatic rings. The summed E-state index contributed by atoms with van der Waals surface area (Å²) in [5.41, 5.74) is -1.87. The molecule has 0 unspecified atom stereocenters. The summed E-state index contributed by atoms with van der Waals surface area (Å²) in [6.07, 6.45) is 1.79. The highest BCUT2D eigenvalue weighted by Gasteiger charge is 2.56. The third-order valence-corrected chi connectivity index (χ3v) is 4.95. The van der Waals surface area contributed by atoms with Gasteiger partial charge in [-0.1, -0.05) is 6.42 Å². The number of halogens is 3. The van der Waals surface area contributed by atoms with Crippen LogP contribution >= 0.6 is 0 Å². The van der Waals surface area contributed by atoms with Crippen molar-refractivity contribution in [1.82, 2.24) is 4.90 Å². The summed E-state index contributed by atoms with van der Waals surface area (Å²) in [6, 6.07) is 0.383. The number of aliphatic carboxylic acids is 1. The second kappa shape index (κ2) is 5.14. The van der Waals surface area contributed by atoms with Gasteiger partial charge < -0.3 is 15.1 Å². The number of hydrogen-bond acceptors (Lipinski definition) is 3. The molecule has 0 aromatic heterocycles. The van der Waals surface area contributed by atoms with Crippen LogP contribution in [0.2, 0.25) is 0 Å². The molecule has 2 aliphatic rings. The molecule has 1 saturated heterocycles. The molecular weight excluding hydrogens is 315 g/mol. The Hall–Kier alpha value is -2.25. The van der Waals surface area contributed by atoms with Gasteiger partial charge in [-0.3, -0.25) is 9.59 Å². The summed E-state index contributed by atoms with van der Waals surface area (Å²) in [6.45, 7) is 0.00929. The molecule has 2 N–H and O–H groups in total. The van der Waals surface area contributed by atoms with Crippen molar-refractivity contribution < 1.29 is 33.0 Å². The normalized spacial score (nSPS) is 26.4. The number of hydrogen-bond donors (Lipinski definition) is 2. The number of carbonyl (C=O) groups excluding carboxylic acids is 1. The number of phenolic OH excluding ortho intramolecular Hbond substituents is 1. The quantitative estimate of drug-likeness (QED) is 0.815. The smallest absolute Gasteiger partial charge is 0.311 e. The van der Waals surface area contributed by atoms with Gasteiger partial charge in [0.2, 0.25) is 5.82 Å². The lowest BCUT2D eigenvalue weighted by molar-refractivity contribution is -0.149. The molecule has 23 heavy (non-hydrogen) atoms. The summed E-state index contributed by atoms with van der Waals surface area (Å²) >= 11 is 0. The summed E-state index contributed by atoms with van der Waals surface area (Å²) < 4.78 is 40.3. The van der Waals surface area contributed by atoms with Gasteiger partial charge in [0.1, 0.15) is 0 Å². The number of benzene rings is 1. The molecular formula is C15H14F3NO4. The summed E-state index contributed by atoms with van der Waals surface area (Å²) in [4.78, 5) is 25.1. The first-order valence-electron chi connectivity index (χ1n) is 7.17. The van der Waals surface area contributed by atoms with Gasteiger partial charge >= 0.3 is 5.97 Å². The average molecular weight is 329 g/mol. The van der Waals surface area contributed by atoms with E-state index in [4.69, 9.17) is 0 Å². The molecule has 0 bridgehead atoms. The highest BCUT2D eigenvalue weighted by atomic mass is 19.2. The molecule has 1 amide bonds. The number of amides is 1. The Kier molecular flexibility index (Phi) is 3.50. The minimum absolute atomic E-state index is 0.106. The van der Waals surface area contributed by atoms with Gasteiger partial charge in [0, 0.05) is 13.1 Å². The molecule has 2 atom stereocenters. The maximum Gasteiger partial charge on any atom is 0.311 e. The van der Waals surface area contributed by atoms with Crippen molar-refractivity contribution in [3.8, 4) is 5.75 Å². The fraction of sp³-hybridized carbons (Fsp3) is 0.467. The van der Waals surface area contributed by atoms with Crippen molar-refractivity contribution in [3.05, 3.63) is 29.1 Å². The third kappa shape index (κ3) is 2.15. The number of nitrogens with zero attached hydrogens (tertiary/aromatic N) is 1. The van der Waals surface area contributed by atoms with E-state index in [9.17, 15) is 33.0 Å². The molecule has 0 radical (unpaired) electrons. The summed E-state index contributed by atoms with van der Waals surface area (Å²) in [5, 5.41) is 18.7. The van der Waals surface area contributed by atoms with Crippen molar-refractivity contribution >= 4 is 11.9 Å². The number of carboxylic acids is 1. The van der Waals surface area contributed by atoms with Gasteiger partial charge in [-0.2, -0.15) is 4.39 Å².